The van der Waals surface area contributed by atoms with Crippen molar-refractivity contribution < 1.29 is 69.0 Å². The van der Waals surface area contributed by atoms with E-state index in [4.69, 9.17) is 19.9 Å². The van der Waals surface area contributed by atoms with Crippen LogP contribution in [-0.4, -0.2) is 61.9 Å². The van der Waals surface area contributed by atoms with Crippen LogP contribution in [0, 0.1) is 0 Å². The van der Waals surface area contributed by atoms with Gasteiger partial charge in [0, 0.05) is 0 Å². The van der Waals surface area contributed by atoms with E-state index in [1.54, 1.807) is 48.6 Å². The van der Waals surface area contributed by atoms with Crippen LogP contribution in [0.3, 0.4) is 0 Å². The van der Waals surface area contributed by atoms with Crippen LogP contribution in [0.1, 0.15) is 22.8 Å². The van der Waals surface area contributed by atoms with Crippen LogP contribution in [0.5, 0.6) is 0 Å². The van der Waals surface area contributed by atoms with Gasteiger partial charge in [0.05, 0.1) is 42.4 Å². The molecule has 9 rings (SSSR count). The average molecular weight is 988 g/mol. The molecular weight excluding hydrogens is 960 g/mol. The van der Waals surface area contributed by atoms with Crippen molar-refractivity contribution in [3.05, 3.63) is 144 Å². The molecular formula is C44H28MnN4O12S4. The number of hydrogen-bond acceptors (Lipinski definition) is 10. The summed E-state index contributed by atoms with van der Waals surface area (Å²) < 4.78 is 135. The van der Waals surface area contributed by atoms with Crippen LogP contribution in [0.2, 0.25) is 0 Å². The molecule has 0 amide bonds. The second kappa shape index (κ2) is 16.6. The molecule has 1 radical (unpaired) electrons. The smallest absolute Gasteiger partial charge is 0.657 e. The summed E-state index contributed by atoms with van der Waals surface area (Å²) >= 11 is 0. The first-order valence-electron chi connectivity index (χ1n) is 18.6. The fourth-order valence-electron chi connectivity index (χ4n) is 7.44. The number of hydrogen-bond donors (Lipinski definition) is 4. The van der Waals surface area contributed by atoms with Crippen molar-refractivity contribution in [2.45, 2.75) is 19.6 Å². The minimum Gasteiger partial charge on any atom is -0.657 e. The molecule has 21 heteroatoms. The van der Waals surface area contributed by atoms with Crippen LogP contribution in [0.15, 0.2) is 141 Å². The van der Waals surface area contributed by atoms with E-state index in [-0.39, 0.29) is 36.7 Å². The first kappa shape index (κ1) is 45.2. The van der Waals surface area contributed by atoms with E-state index in [0.717, 1.165) is 0 Å². The SMILES string of the molecule is O=S(=O)(O)c1ccc(-c2c3nc(c(-c4ccc(S(=O)(=O)O)cc4)c4ccc([n-]4)c(-c4ccc(S(=O)(=O)O)cc4)c4nc(c(-c5ccc(S(=O)(=O)O)cc5)c5ccc2[n-]5)C=C4)C=C3)cc1.[Mn+2]. The topological polar surface area (TPSA) is 271 Å². The Morgan fingerprint density at radius 2 is 0.492 bits per heavy atom. The molecule has 5 heterocycles. The van der Waals surface area contributed by atoms with Crippen molar-refractivity contribution in [1.29, 1.82) is 0 Å². The molecule has 8 bridgehead atoms. The monoisotopic (exact) mass is 987 g/mol. The summed E-state index contributed by atoms with van der Waals surface area (Å²) in [5, 5.41) is 0. The molecule has 2 aliphatic heterocycles. The Bertz CT molecular complexity index is 3300. The number of fused-ring (bicyclic) bond motifs is 8. The first-order chi connectivity index (χ1) is 30.2. The molecule has 4 N–H and O–H groups in total. The Balaban J connectivity index is 0.00000576. The third-order valence-electron chi connectivity index (χ3n) is 10.4. The Morgan fingerprint density at radius 1 is 0.308 bits per heavy atom. The Labute approximate surface area is 381 Å². The molecule has 0 atom stereocenters. The summed E-state index contributed by atoms with van der Waals surface area (Å²) in [5.74, 6) is 0. The van der Waals surface area contributed by atoms with Crippen LogP contribution in [-0.2, 0) is 57.5 Å². The minimum absolute atomic E-state index is 0. The van der Waals surface area contributed by atoms with Crippen LogP contribution in [0.4, 0.5) is 0 Å². The Kier molecular flexibility index (Phi) is 11.5. The van der Waals surface area contributed by atoms with Gasteiger partial charge in [-0.15, -0.1) is 22.1 Å². The van der Waals surface area contributed by atoms with Crippen LogP contribution in [0.25, 0.3) is 90.9 Å². The molecule has 0 aliphatic carbocycles. The molecule has 0 saturated heterocycles. The average Bonchev–Trinajstić information content (AvgIpc) is 4.08. The van der Waals surface area contributed by atoms with E-state index in [0.29, 0.717) is 89.4 Å². The number of aromatic nitrogens is 4. The predicted molar refractivity (Wildman–Crippen MR) is 238 cm³/mol. The summed E-state index contributed by atoms with van der Waals surface area (Å²) in [5.41, 5.74) is 6.28. The van der Waals surface area contributed by atoms with Crippen LogP contribution >= 0.6 is 0 Å². The summed E-state index contributed by atoms with van der Waals surface area (Å²) in [4.78, 5) is 18.7. The third kappa shape index (κ3) is 8.89. The second-order valence-corrected chi connectivity index (χ2v) is 20.0. The molecule has 2 aliphatic rings. The molecule has 7 aromatic rings. The van der Waals surface area contributed by atoms with Gasteiger partial charge in [0.2, 0.25) is 0 Å². The van der Waals surface area contributed by atoms with Gasteiger partial charge in [-0.3, -0.25) is 18.2 Å². The van der Waals surface area contributed by atoms with Crippen molar-refractivity contribution in [2.24, 2.45) is 0 Å². The fourth-order valence-corrected chi connectivity index (χ4v) is 9.36. The molecule has 3 aromatic heterocycles. The quantitative estimate of drug-likeness (QED) is 0.0844. The predicted octanol–water partition coefficient (Wildman–Crippen LogP) is 7.57. The summed E-state index contributed by atoms with van der Waals surface area (Å²) in [6.07, 6.45) is 6.79. The molecule has 0 fully saturated rings. The van der Waals surface area contributed by atoms with Crippen molar-refractivity contribution in [2.75, 3.05) is 0 Å². The van der Waals surface area contributed by atoms with Crippen molar-refractivity contribution in [1.82, 2.24) is 19.9 Å². The van der Waals surface area contributed by atoms with E-state index >= 15 is 0 Å². The molecule has 0 saturated carbocycles. The summed E-state index contributed by atoms with van der Waals surface area (Å²) in [6, 6.07) is 28.4. The molecule has 327 valence electrons. The Morgan fingerprint density at radius 3 is 0.662 bits per heavy atom. The largest absolute Gasteiger partial charge is 2.00 e. The van der Waals surface area contributed by atoms with Gasteiger partial charge in [0.15, 0.2) is 0 Å². The van der Waals surface area contributed by atoms with Gasteiger partial charge < -0.3 is 9.97 Å². The van der Waals surface area contributed by atoms with Gasteiger partial charge in [-0.1, -0.05) is 72.8 Å². The second-order valence-electron chi connectivity index (χ2n) is 14.4. The molecule has 4 aromatic carbocycles. The van der Waals surface area contributed by atoms with Gasteiger partial charge in [-0.2, -0.15) is 33.7 Å². The molecule has 0 unspecified atom stereocenters. The molecule has 0 spiro atoms. The van der Waals surface area contributed by atoms with Crippen molar-refractivity contribution in [3.63, 3.8) is 0 Å². The number of rotatable bonds is 8. The standard InChI is InChI=1S/C44H28N4O12S4.Mn/c49-61(50,51)29-9-1-25(2-10-29)41-33-17-19-35(45-33)42(26-3-11-30(12-4-26)62(52,53)54)37-21-23-39(47-37)44(28-7-15-32(16-8-28)64(58,59)60)40-24-22-38(48-40)43(36-20-18-34(41)46-36)27-5-13-31(14-6-27)63(55,56)57;/h1-24H,(H,49,50,51)(H,52,53,54)(H,55,56,57)(H,58,59,60);/q-2;+2. The zero-order chi connectivity index (χ0) is 45.3. The van der Waals surface area contributed by atoms with E-state index in [1.165, 1.54) is 97.1 Å². The van der Waals surface area contributed by atoms with Crippen molar-refractivity contribution >= 4 is 86.8 Å². The number of nitrogens with zero attached hydrogens (tertiary/aromatic N) is 4. The van der Waals surface area contributed by atoms with E-state index < -0.39 is 40.5 Å². The van der Waals surface area contributed by atoms with Gasteiger partial charge in [-0.25, -0.2) is 9.97 Å². The maximum absolute atomic E-state index is 12.0. The molecule has 16 nitrogen and oxygen atoms in total. The normalized spacial score (nSPS) is 12.9. The van der Waals surface area contributed by atoms with Gasteiger partial charge in [0.25, 0.3) is 40.5 Å². The maximum atomic E-state index is 12.0. The summed E-state index contributed by atoms with van der Waals surface area (Å²) in [7, 11) is -18.2. The zero-order valence-electron chi connectivity index (χ0n) is 32.7. The Hall–Kier alpha value is -6.36. The maximum Gasteiger partial charge on any atom is 2.00 e. The van der Waals surface area contributed by atoms with Gasteiger partial charge in [0.1, 0.15) is 0 Å². The summed E-state index contributed by atoms with van der Waals surface area (Å²) in [6.45, 7) is 0. The zero-order valence-corrected chi connectivity index (χ0v) is 37.2. The van der Waals surface area contributed by atoms with E-state index in [2.05, 4.69) is 0 Å². The van der Waals surface area contributed by atoms with Crippen LogP contribution < -0.4 is 9.97 Å². The fraction of sp³-hybridized carbons (Fsp3) is 0. The first-order valence-corrected chi connectivity index (χ1v) is 24.4. The number of benzene rings is 4. The van der Waals surface area contributed by atoms with Crippen molar-refractivity contribution in [3.8, 4) is 44.5 Å². The third-order valence-corrected chi connectivity index (χ3v) is 13.8. The van der Waals surface area contributed by atoms with Gasteiger partial charge in [-0.05, 0) is 117 Å². The van der Waals surface area contributed by atoms with E-state index in [9.17, 15) is 51.9 Å². The minimum atomic E-state index is -4.56. The van der Waals surface area contributed by atoms with Gasteiger partial charge >= 0.3 is 17.1 Å². The molecule has 65 heavy (non-hydrogen) atoms. The van der Waals surface area contributed by atoms with E-state index in [1.807, 2.05) is 0 Å².